The lowest BCUT2D eigenvalue weighted by molar-refractivity contribution is 0.628. The zero-order chi connectivity index (χ0) is 14.0. The van der Waals surface area contributed by atoms with Crippen LogP contribution in [0.25, 0.3) is 0 Å². The van der Waals surface area contributed by atoms with E-state index in [9.17, 15) is 4.39 Å². The van der Waals surface area contributed by atoms with E-state index in [0.717, 1.165) is 0 Å². The van der Waals surface area contributed by atoms with Gasteiger partial charge in [-0.15, -0.1) is 0 Å². The van der Waals surface area contributed by atoms with Crippen LogP contribution in [0.2, 0.25) is 5.02 Å². The van der Waals surface area contributed by atoms with Gasteiger partial charge in [0.1, 0.15) is 0 Å². The summed E-state index contributed by atoms with van der Waals surface area (Å²) in [6.07, 6.45) is 0. The quantitative estimate of drug-likeness (QED) is 0.806. The molecule has 0 amide bonds. The topological polar surface area (TPSA) is 12.0 Å². The van der Waals surface area contributed by atoms with E-state index in [4.69, 9.17) is 11.6 Å². The van der Waals surface area contributed by atoms with Crippen molar-refractivity contribution in [3.05, 3.63) is 63.9 Å². The minimum absolute atomic E-state index is 0.0212. The summed E-state index contributed by atoms with van der Waals surface area (Å²) in [6.45, 7) is 6.12. The average Bonchev–Trinajstić information content (AvgIpc) is 2.38. The first-order valence-electron chi connectivity index (χ1n) is 6.26. The fourth-order valence-electron chi connectivity index (χ4n) is 2.15. The van der Waals surface area contributed by atoms with Crippen LogP contribution in [0.4, 0.5) is 10.1 Å². The predicted molar refractivity (Wildman–Crippen MR) is 79.4 cm³/mol. The first kappa shape index (κ1) is 13.9. The molecule has 1 unspecified atom stereocenters. The molecular formula is C16H17ClFN. The van der Waals surface area contributed by atoms with Crippen molar-refractivity contribution in [3.8, 4) is 0 Å². The van der Waals surface area contributed by atoms with Crippen LogP contribution in [0.5, 0.6) is 0 Å². The molecule has 2 rings (SSSR count). The lowest BCUT2D eigenvalue weighted by atomic mass is 10.00. The third-order valence-electron chi connectivity index (χ3n) is 3.22. The molecule has 100 valence electrons. The molecule has 0 spiro atoms. The highest BCUT2D eigenvalue weighted by molar-refractivity contribution is 6.31. The molecule has 0 saturated heterocycles. The fourth-order valence-corrected chi connectivity index (χ4v) is 2.33. The Hall–Kier alpha value is -1.54. The number of hydrogen-bond donors (Lipinski definition) is 1. The first-order valence-corrected chi connectivity index (χ1v) is 6.64. The van der Waals surface area contributed by atoms with Crippen LogP contribution in [0.15, 0.2) is 36.4 Å². The molecule has 0 aliphatic rings. The maximum Gasteiger partial charge on any atom is 0.164 e. The van der Waals surface area contributed by atoms with Crippen molar-refractivity contribution in [2.45, 2.75) is 26.8 Å². The fraction of sp³-hybridized carbons (Fsp3) is 0.250. The van der Waals surface area contributed by atoms with E-state index in [2.05, 4.69) is 37.4 Å². The molecule has 3 heteroatoms. The number of anilines is 1. The van der Waals surface area contributed by atoms with Crippen LogP contribution in [-0.2, 0) is 0 Å². The number of rotatable bonds is 3. The number of hydrogen-bond acceptors (Lipinski definition) is 1. The summed E-state index contributed by atoms with van der Waals surface area (Å²) in [6, 6.07) is 11.3. The molecule has 0 bridgehead atoms. The average molecular weight is 278 g/mol. The van der Waals surface area contributed by atoms with Crippen LogP contribution >= 0.6 is 11.6 Å². The van der Waals surface area contributed by atoms with Crippen molar-refractivity contribution in [3.63, 3.8) is 0 Å². The maximum absolute atomic E-state index is 13.9. The molecule has 1 nitrogen and oxygen atoms in total. The second-order valence-electron chi connectivity index (χ2n) is 4.83. The third kappa shape index (κ3) is 3.07. The van der Waals surface area contributed by atoms with Crippen LogP contribution in [0.3, 0.4) is 0 Å². The molecular weight excluding hydrogens is 261 g/mol. The summed E-state index contributed by atoms with van der Waals surface area (Å²) in [7, 11) is 0. The Morgan fingerprint density at radius 1 is 1.16 bits per heavy atom. The Labute approximate surface area is 118 Å². The van der Waals surface area contributed by atoms with Crippen LogP contribution in [-0.4, -0.2) is 0 Å². The van der Waals surface area contributed by atoms with Gasteiger partial charge >= 0.3 is 0 Å². The highest BCUT2D eigenvalue weighted by Crippen LogP contribution is 2.27. The Bertz CT molecular complexity index is 595. The smallest absolute Gasteiger partial charge is 0.164 e. The summed E-state index contributed by atoms with van der Waals surface area (Å²) in [5, 5.41) is 3.31. The van der Waals surface area contributed by atoms with Gasteiger partial charge in [-0.3, -0.25) is 0 Å². The monoisotopic (exact) mass is 277 g/mol. The third-order valence-corrected chi connectivity index (χ3v) is 3.52. The van der Waals surface area contributed by atoms with E-state index >= 15 is 0 Å². The molecule has 1 atom stereocenters. The largest absolute Gasteiger partial charge is 0.376 e. The zero-order valence-corrected chi connectivity index (χ0v) is 12.1. The predicted octanol–water partition coefficient (Wildman–Crippen LogP) is 5.27. The van der Waals surface area contributed by atoms with Gasteiger partial charge in [0.15, 0.2) is 5.82 Å². The molecule has 0 radical (unpaired) electrons. The molecule has 0 heterocycles. The Morgan fingerprint density at radius 3 is 2.63 bits per heavy atom. The maximum atomic E-state index is 13.9. The van der Waals surface area contributed by atoms with E-state index in [-0.39, 0.29) is 11.1 Å². The summed E-state index contributed by atoms with van der Waals surface area (Å²) in [4.78, 5) is 0. The highest BCUT2D eigenvalue weighted by atomic mass is 35.5. The van der Waals surface area contributed by atoms with E-state index in [1.54, 1.807) is 18.2 Å². The van der Waals surface area contributed by atoms with Crippen molar-refractivity contribution in [2.75, 3.05) is 5.32 Å². The van der Waals surface area contributed by atoms with E-state index in [1.807, 2.05) is 6.92 Å². The van der Waals surface area contributed by atoms with Gasteiger partial charge in [0.05, 0.1) is 10.7 Å². The van der Waals surface area contributed by atoms with Gasteiger partial charge in [-0.05, 0) is 44.0 Å². The first-order chi connectivity index (χ1) is 8.99. The second kappa shape index (κ2) is 5.62. The summed E-state index contributed by atoms with van der Waals surface area (Å²) >= 11 is 5.78. The van der Waals surface area contributed by atoms with Crippen molar-refractivity contribution >= 4 is 17.3 Å². The molecule has 0 fully saturated rings. The standard InChI is InChI=1S/C16H17ClFN/c1-10-7-8-11(2)13(9-10)12(3)19-15-6-4-5-14(17)16(15)18/h4-9,12,19H,1-3H3. The molecule has 0 aliphatic carbocycles. The van der Waals surface area contributed by atoms with Crippen LogP contribution in [0.1, 0.15) is 29.7 Å². The van der Waals surface area contributed by atoms with Crippen LogP contribution < -0.4 is 5.32 Å². The number of halogens is 2. The van der Waals surface area contributed by atoms with Crippen LogP contribution in [0, 0.1) is 19.7 Å². The number of nitrogens with one attached hydrogen (secondary N) is 1. The van der Waals surface area contributed by atoms with E-state index in [0.29, 0.717) is 5.69 Å². The van der Waals surface area contributed by atoms with Crippen molar-refractivity contribution in [1.29, 1.82) is 0 Å². The molecule has 19 heavy (non-hydrogen) atoms. The van der Waals surface area contributed by atoms with E-state index in [1.165, 1.54) is 16.7 Å². The lowest BCUT2D eigenvalue weighted by Gasteiger charge is -2.19. The normalized spacial score (nSPS) is 12.3. The van der Waals surface area contributed by atoms with Gasteiger partial charge in [-0.25, -0.2) is 4.39 Å². The highest BCUT2D eigenvalue weighted by Gasteiger charge is 2.12. The molecule has 0 aliphatic heterocycles. The minimum Gasteiger partial charge on any atom is -0.376 e. The van der Waals surface area contributed by atoms with Crippen molar-refractivity contribution < 1.29 is 4.39 Å². The van der Waals surface area contributed by atoms with E-state index < -0.39 is 5.82 Å². The van der Waals surface area contributed by atoms with Gasteiger partial charge in [0, 0.05) is 6.04 Å². The van der Waals surface area contributed by atoms with Crippen molar-refractivity contribution in [1.82, 2.24) is 0 Å². The molecule has 1 N–H and O–H groups in total. The summed E-state index contributed by atoms with van der Waals surface area (Å²) < 4.78 is 13.9. The number of aryl methyl sites for hydroxylation is 2. The molecule has 2 aromatic carbocycles. The molecule has 0 saturated carbocycles. The Kier molecular flexibility index (Phi) is 4.11. The molecule has 0 aromatic heterocycles. The Balaban J connectivity index is 2.28. The van der Waals surface area contributed by atoms with Gasteiger partial charge < -0.3 is 5.32 Å². The molecule has 2 aromatic rings. The lowest BCUT2D eigenvalue weighted by Crippen LogP contribution is -2.09. The van der Waals surface area contributed by atoms with Gasteiger partial charge in [-0.2, -0.15) is 0 Å². The van der Waals surface area contributed by atoms with Gasteiger partial charge in [0.25, 0.3) is 0 Å². The second-order valence-corrected chi connectivity index (χ2v) is 5.23. The summed E-state index contributed by atoms with van der Waals surface area (Å²) in [5.74, 6) is -0.402. The Morgan fingerprint density at radius 2 is 1.89 bits per heavy atom. The zero-order valence-electron chi connectivity index (χ0n) is 11.3. The van der Waals surface area contributed by atoms with Gasteiger partial charge in [0.2, 0.25) is 0 Å². The minimum atomic E-state index is -0.402. The van der Waals surface area contributed by atoms with Crippen molar-refractivity contribution in [2.24, 2.45) is 0 Å². The summed E-state index contributed by atoms with van der Waals surface area (Å²) in [5.41, 5.74) is 3.98. The number of benzene rings is 2. The SMILES string of the molecule is Cc1ccc(C)c(C(C)Nc2cccc(Cl)c2F)c1. The van der Waals surface area contributed by atoms with Gasteiger partial charge in [-0.1, -0.05) is 41.4 Å².